The van der Waals surface area contributed by atoms with E-state index in [9.17, 15) is 9.59 Å². The third-order valence-electron chi connectivity index (χ3n) is 6.66. The van der Waals surface area contributed by atoms with E-state index >= 15 is 0 Å². The molecule has 162 valence electrons. The van der Waals surface area contributed by atoms with Gasteiger partial charge < -0.3 is 4.90 Å². The molecule has 3 heterocycles. The molecule has 1 saturated carbocycles. The number of rotatable bonds is 5. The van der Waals surface area contributed by atoms with Crippen LogP contribution in [0.3, 0.4) is 0 Å². The van der Waals surface area contributed by atoms with Crippen molar-refractivity contribution < 1.29 is 0 Å². The maximum atomic E-state index is 12.9. The summed E-state index contributed by atoms with van der Waals surface area (Å²) < 4.78 is 3.49. The zero-order chi connectivity index (χ0) is 21.2. The van der Waals surface area contributed by atoms with E-state index in [4.69, 9.17) is 0 Å². The minimum atomic E-state index is -0.197. The average Bonchev–Trinajstić information content (AvgIpc) is 3.34. The van der Waals surface area contributed by atoms with Crippen LogP contribution in [0.2, 0.25) is 0 Å². The molecule has 0 unspecified atom stereocenters. The predicted molar refractivity (Wildman–Crippen MR) is 121 cm³/mol. The Labute approximate surface area is 180 Å². The van der Waals surface area contributed by atoms with Crippen molar-refractivity contribution >= 4 is 16.6 Å². The molecule has 2 aliphatic rings. The van der Waals surface area contributed by atoms with Crippen LogP contribution in [-0.4, -0.2) is 56.7 Å². The Kier molecular flexibility index (Phi) is 5.55. The highest BCUT2D eigenvalue weighted by Gasteiger charge is 2.20. The Balaban J connectivity index is 1.24. The lowest BCUT2D eigenvalue weighted by Crippen LogP contribution is -2.47. The Morgan fingerprint density at radius 3 is 2.55 bits per heavy atom. The lowest BCUT2D eigenvalue weighted by molar-refractivity contribution is 0.246. The summed E-state index contributed by atoms with van der Waals surface area (Å²) in [7, 11) is 0. The van der Waals surface area contributed by atoms with E-state index in [0.717, 1.165) is 56.8 Å². The normalized spacial score (nSPS) is 18.1. The largest absolute Gasteiger partial charge is 0.369 e. The number of piperazine rings is 1. The van der Waals surface area contributed by atoms with Crippen LogP contribution in [0.1, 0.15) is 31.7 Å². The van der Waals surface area contributed by atoms with Crippen molar-refractivity contribution in [1.82, 2.24) is 24.0 Å². The smallest absolute Gasteiger partial charge is 0.347 e. The summed E-state index contributed by atoms with van der Waals surface area (Å²) in [5.74, 6) is 0. The molecule has 0 amide bonds. The highest BCUT2D eigenvalue weighted by atomic mass is 16.1. The second-order valence-corrected chi connectivity index (χ2v) is 8.52. The Bertz CT molecular complexity index is 1170. The minimum Gasteiger partial charge on any atom is -0.369 e. The van der Waals surface area contributed by atoms with E-state index in [1.54, 1.807) is 23.2 Å². The lowest BCUT2D eigenvalue weighted by Gasteiger charge is -2.36. The fourth-order valence-electron chi connectivity index (χ4n) is 4.80. The van der Waals surface area contributed by atoms with Crippen LogP contribution in [-0.2, 0) is 6.54 Å². The van der Waals surface area contributed by atoms with Crippen molar-refractivity contribution in [3.63, 3.8) is 0 Å². The number of hydrogen-bond donors (Lipinski definition) is 0. The molecule has 0 atom stereocenters. The van der Waals surface area contributed by atoms with Gasteiger partial charge in [-0.3, -0.25) is 18.8 Å². The first-order valence-electron chi connectivity index (χ1n) is 11.2. The highest BCUT2D eigenvalue weighted by Crippen LogP contribution is 2.28. The van der Waals surface area contributed by atoms with Gasteiger partial charge in [0.25, 0.3) is 5.56 Å². The second-order valence-electron chi connectivity index (χ2n) is 8.52. The van der Waals surface area contributed by atoms with Gasteiger partial charge in [-0.2, -0.15) is 0 Å². The number of aromatic nitrogens is 4. The van der Waals surface area contributed by atoms with Gasteiger partial charge in [0.1, 0.15) is 0 Å². The van der Waals surface area contributed by atoms with Gasteiger partial charge in [0, 0.05) is 63.4 Å². The standard InChI is InChI=1S/C23H28N6O2/c30-22-20-7-6-19(16-21(20)25-17-29(22)18-4-1-2-5-18)27-13-10-26(11-14-27)12-15-28-9-3-8-24-23(28)31/h3,6-9,16-18H,1-2,4-5,10-15H2. The van der Waals surface area contributed by atoms with E-state index in [0.29, 0.717) is 18.0 Å². The van der Waals surface area contributed by atoms with Crippen molar-refractivity contribution in [3.8, 4) is 0 Å². The summed E-state index contributed by atoms with van der Waals surface area (Å²) in [5.41, 5.74) is 1.77. The molecule has 31 heavy (non-hydrogen) atoms. The van der Waals surface area contributed by atoms with Gasteiger partial charge >= 0.3 is 5.69 Å². The van der Waals surface area contributed by atoms with Crippen molar-refractivity contribution in [2.45, 2.75) is 38.3 Å². The number of fused-ring (bicyclic) bond motifs is 1. The summed E-state index contributed by atoms with van der Waals surface area (Å²) in [6.45, 7) is 5.17. The van der Waals surface area contributed by atoms with Crippen LogP contribution in [0.15, 0.2) is 52.6 Å². The molecule has 8 heteroatoms. The van der Waals surface area contributed by atoms with Crippen molar-refractivity contribution in [3.05, 3.63) is 63.8 Å². The topological polar surface area (TPSA) is 76.3 Å². The van der Waals surface area contributed by atoms with Gasteiger partial charge in [0.15, 0.2) is 0 Å². The van der Waals surface area contributed by atoms with Gasteiger partial charge in [0.2, 0.25) is 0 Å². The molecule has 5 rings (SSSR count). The SMILES string of the molecule is O=c1ncccn1CCN1CCN(c2ccc3c(=O)n(C4CCCC4)cnc3c2)CC1. The summed E-state index contributed by atoms with van der Waals surface area (Å²) in [4.78, 5) is 37.8. The highest BCUT2D eigenvalue weighted by molar-refractivity contribution is 5.81. The molecule has 1 aromatic carbocycles. The van der Waals surface area contributed by atoms with Crippen molar-refractivity contribution in [2.24, 2.45) is 0 Å². The zero-order valence-corrected chi connectivity index (χ0v) is 17.7. The first-order chi connectivity index (χ1) is 15.2. The molecular formula is C23H28N6O2. The Hall–Kier alpha value is -3.00. The molecule has 3 aromatic rings. The van der Waals surface area contributed by atoms with Crippen molar-refractivity contribution in [1.29, 1.82) is 0 Å². The first-order valence-corrected chi connectivity index (χ1v) is 11.2. The molecule has 1 aliphatic heterocycles. The van der Waals surface area contributed by atoms with Gasteiger partial charge in [-0.15, -0.1) is 0 Å². The monoisotopic (exact) mass is 420 g/mol. The summed E-state index contributed by atoms with van der Waals surface area (Å²) >= 11 is 0. The quantitative estimate of drug-likeness (QED) is 0.628. The molecule has 1 saturated heterocycles. The molecule has 8 nitrogen and oxygen atoms in total. The zero-order valence-electron chi connectivity index (χ0n) is 17.7. The summed E-state index contributed by atoms with van der Waals surface area (Å²) in [6, 6.07) is 8.12. The molecule has 2 fully saturated rings. The van der Waals surface area contributed by atoms with Crippen LogP contribution in [0, 0.1) is 0 Å². The maximum absolute atomic E-state index is 12.9. The predicted octanol–water partition coefficient (Wildman–Crippen LogP) is 1.89. The maximum Gasteiger partial charge on any atom is 0.347 e. The number of anilines is 1. The van der Waals surface area contributed by atoms with E-state index in [1.165, 1.54) is 19.0 Å². The first kappa shape index (κ1) is 19.9. The van der Waals surface area contributed by atoms with E-state index in [-0.39, 0.29) is 11.2 Å². The lowest BCUT2D eigenvalue weighted by atomic mass is 10.1. The molecule has 0 radical (unpaired) electrons. The fraction of sp³-hybridized carbons (Fsp3) is 0.478. The van der Waals surface area contributed by atoms with E-state index < -0.39 is 0 Å². The van der Waals surface area contributed by atoms with Crippen LogP contribution in [0.4, 0.5) is 5.69 Å². The average molecular weight is 421 g/mol. The van der Waals surface area contributed by atoms with Crippen LogP contribution < -0.4 is 16.1 Å². The van der Waals surface area contributed by atoms with Crippen LogP contribution >= 0.6 is 0 Å². The summed E-state index contributed by atoms with van der Waals surface area (Å²) in [6.07, 6.45) is 9.59. The van der Waals surface area contributed by atoms with Crippen LogP contribution in [0.25, 0.3) is 10.9 Å². The summed E-state index contributed by atoms with van der Waals surface area (Å²) in [5, 5.41) is 0.707. The molecule has 2 aromatic heterocycles. The molecular weight excluding hydrogens is 392 g/mol. The molecule has 0 bridgehead atoms. The van der Waals surface area contributed by atoms with E-state index in [2.05, 4.69) is 25.8 Å². The number of benzene rings is 1. The van der Waals surface area contributed by atoms with Crippen molar-refractivity contribution in [2.75, 3.05) is 37.6 Å². The number of nitrogens with zero attached hydrogens (tertiary/aromatic N) is 6. The molecule has 0 spiro atoms. The Morgan fingerprint density at radius 1 is 0.968 bits per heavy atom. The van der Waals surface area contributed by atoms with E-state index in [1.807, 2.05) is 16.7 Å². The minimum absolute atomic E-state index is 0.0823. The number of hydrogen-bond acceptors (Lipinski definition) is 6. The third kappa shape index (κ3) is 4.12. The Morgan fingerprint density at radius 2 is 1.77 bits per heavy atom. The third-order valence-corrected chi connectivity index (χ3v) is 6.66. The molecule has 0 N–H and O–H groups in total. The van der Waals surface area contributed by atoms with Gasteiger partial charge in [-0.25, -0.2) is 14.8 Å². The van der Waals surface area contributed by atoms with Gasteiger partial charge in [-0.1, -0.05) is 12.8 Å². The second kappa shape index (κ2) is 8.63. The van der Waals surface area contributed by atoms with Crippen LogP contribution in [0.5, 0.6) is 0 Å². The fourth-order valence-corrected chi connectivity index (χ4v) is 4.80. The molecule has 1 aliphatic carbocycles. The van der Waals surface area contributed by atoms with Gasteiger partial charge in [-0.05, 0) is 37.1 Å². The van der Waals surface area contributed by atoms with Gasteiger partial charge in [0.05, 0.1) is 17.2 Å².